The van der Waals surface area contributed by atoms with E-state index in [4.69, 9.17) is 0 Å². The fraction of sp³-hybridized carbons (Fsp3) is 0.800. The number of carbonyl (C=O) groups is 1. The lowest BCUT2D eigenvalue weighted by Gasteiger charge is -2.26. The second-order valence-electron chi connectivity index (χ2n) is 6.63. The molecule has 0 aliphatic carbocycles. The van der Waals surface area contributed by atoms with Crippen molar-refractivity contribution >= 4 is 27.5 Å². The van der Waals surface area contributed by atoms with Gasteiger partial charge < -0.3 is 9.47 Å². The van der Waals surface area contributed by atoms with Crippen LogP contribution in [0.5, 0.6) is 0 Å². The Morgan fingerprint density at radius 2 is 2.12 bits per heavy atom. The van der Waals surface area contributed by atoms with Crippen molar-refractivity contribution in [2.45, 2.75) is 62.0 Å². The van der Waals surface area contributed by atoms with E-state index in [0.717, 1.165) is 36.8 Å². The molecule has 1 aromatic rings. The number of rotatable bonds is 4. The Bertz CT molecular complexity index is 716. The van der Waals surface area contributed by atoms with E-state index < -0.39 is 9.84 Å². The third kappa shape index (κ3) is 3.77. The highest BCUT2D eigenvalue weighted by Crippen LogP contribution is 2.27. The summed E-state index contributed by atoms with van der Waals surface area (Å²) in [4.78, 5) is 14.3. The summed E-state index contributed by atoms with van der Waals surface area (Å²) in [5, 5.41) is 8.99. The second-order valence-corrected chi connectivity index (χ2v) is 10.2. The molecular weight excluding hydrogens is 348 g/mol. The summed E-state index contributed by atoms with van der Waals surface area (Å²) in [7, 11) is -1.29. The summed E-state index contributed by atoms with van der Waals surface area (Å²) < 4.78 is 25.4. The SMILES string of the molecule is C[C@H](Sc1nnc2n1CCCCC2)C(=O)N(C)[C@@H]1CCS(=O)(=O)C1. The fourth-order valence-corrected chi connectivity index (χ4v) is 6.07. The number of amides is 1. The zero-order valence-corrected chi connectivity index (χ0v) is 15.8. The largest absolute Gasteiger partial charge is 0.341 e. The fourth-order valence-electron chi connectivity index (χ4n) is 3.30. The van der Waals surface area contributed by atoms with Crippen LogP contribution in [0.4, 0.5) is 0 Å². The van der Waals surface area contributed by atoms with Crippen LogP contribution in [0.25, 0.3) is 0 Å². The molecule has 2 aliphatic rings. The predicted molar refractivity (Wildman–Crippen MR) is 92.7 cm³/mol. The summed E-state index contributed by atoms with van der Waals surface area (Å²) in [5.41, 5.74) is 0. The van der Waals surface area contributed by atoms with Crippen LogP contribution in [0.2, 0.25) is 0 Å². The number of carbonyl (C=O) groups excluding carboxylic acids is 1. The van der Waals surface area contributed by atoms with Crippen LogP contribution in [0, 0.1) is 0 Å². The van der Waals surface area contributed by atoms with Crippen molar-refractivity contribution < 1.29 is 13.2 Å². The molecule has 0 bridgehead atoms. The lowest BCUT2D eigenvalue weighted by Crippen LogP contribution is -2.41. The molecule has 3 rings (SSSR count). The molecule has 0 spiro atoms. The highest BCUT2D eigenvalue weighted by Gasteiger charge is 2.34. The van der Waals surface area contributed by atoms with Crippen molar-refractivity contribution in [2.24, 2.45) is 0 Å². The first kappa shape index (κ1) is 17.7. The molecule has 0 radical (unpaired) electrons. The van der Waals surface area contributed by atoms with Crippen molar-refractivity contribution in [3.05, 3.63) is 5.82 Å². The zero-order valence-electron chi connectivity index (χ0n) is 14.1. The van der Waals surface area contributed by atoms with Gasteiger partial charge in [0.15, 0.2) is 15.0 Å². The molecule has 1 fully saturated rings. The van der Waals surface area contributed by atoms with Gasteiger partial charge in [-0.2, -0.15) is 0 Å². The van der Waals surface area contributed by atoms with Crippen LogP contribution in [0.1, 0.15) is 38.4 Å². The number of nitrogens with zero attached hydrogens (tertiary/aromatic N) is 4. The van der Waals surface area contributed by atoms with Gasteiger partial charge in [-0.15, -0.1) is 10.2 Å². The number of hydrogen-bond donors (Lipinski definition) is 0. The van der Waals surface area contributed by atoms with Gasteiger partial charge in [-0.1, -0.05) is 18.2 Å². The van der Waals surface area contributed by atoms with Gasteiger partial charge in [0.1, 0.15) is 5.82 Å². The highest BCUT2D eigenvalue weighted by atomic mass is 32.2. The highest BCUT2D eigenvalue weighted by molar-refractivity contribution is 8.00. The normalized spacial score (nSPS) is 24.2. The molecule has 9 heteroatoms. The number of aromatic nitrogens is 3. The molecule has 134 valence electrons. The van der Waals surface area contributed by atoms with E-state index in [1.165, 1.54) is 18.2 Å². The number of aryl methyl sites for hydroxylation is 1. The molecule has 1 amide bonds. The molecule has 2 atom stereocenters. The first-order valence-corrected chi connectivity index (χ1v) is 11.1. The Balaban J connectivity index is 1.65. The monoisotopic (exact) mass is 372 g/mol. The van der Waals surface area contributed by atoms with E-state index in [2.05, 4.69) is 14.8 Å². The van der Waals surface area contributed by atoms with Gasteiger partial charge >= 0.3 is 0 Å². The van der Waals surface area contributed by atoms with E-state index in [9.17, 15) is 13.2 Å². The van der Waals surface area contributed by atoms with Gasteiger partial charge in [0, 0.05) is 26.1 Å². The molecular formula is C15H24N4O3S2. The summed E-state index contributed by atoms with van der Waals surface area (Å²) in [6.07, 6.45) is 4.91. The van der Waals surface area contributed by atoms with Gasteiger partial charge in [-0.05, 0) is 26.2 Å². The minimum absolute atomic E-state index is 0.0481. The second kappa shape index (κ2) is 7.03. The Labute approximate surface area is 147 Å². The van der Waals surface area contributed by atoms with Crippen molar-refractivity contribution in [3.8, 4) is 0 Å². The van der Waals surface area contributed by atoms with Gasteiger partial charge in [0.05, 0.1) is 16.8 Å². The van der Waals surface area contributed by atoms with Crippen LogP contribution < -0.4 is 0 Å². The van der Waals surface area contributed by atoms with Gasteiger partial charge in [0.25, 0.3) is 0 Å². The number of thioether (sulfide) groups is 1. The Morgan fingerprint density at radius 3 is 2.83 bits per heavy atom. The standard InChI is InChI=1S/C15H24N4O3S2/c1-11(14(20)18(2)12-7-9-24(21,22)10-12)23-15-17-16-13-6-4-3-5-8-19(13)15/h11-12H,3-10H2,1-2H3/t11-,12+/m0/s1. The molecule has 2 aliphatic heterocycles. The minimum atomic E-state index is -2.99. The first-order chi connectivity index (χ1) is 11.4. The third-order valence-corrected chi connectivity index (χ3v) is 7.63. The molecule has 0 unspecified atom stereocenters. The van der Waals surface area contributed by atoms with Crippen LogP contribution in [0.15, 0.2) is 5.16 Å². The van der Waals surface area contributed by atoms with Gasteiger partial charge in [-0.3, -0.25) is 4.79 Å². The molecule has 0 aromatic carbocycles. The quantitative estimate of drug-likeness (QED) is 0.737. The lowest BCUT2D eigenvalue weighted by atomic mass is 10.2. The molecule has 24 heavy (non-hydrogen) atoms. The van der Waals surface area contributed by atoms with Gasteiger partial charge in [-0.25, -0.2) is 8.42 Å². The summed E-state index contributed by atoms with van der Waals surface area (Å²) in [5.74, 6) is 1.21. The Hall–Kier alpha value is -1.09. The van der Waals surface area contributed by atoms with Gasteiger partial charge in [0.2, 0.25) is 5.91 Å². The number of fused-ring (bicyclic) bond motifs is 1. The maximum absolute atomic E-state index is 12.7. The molecule has 1 saturated heterocycles. The van der Waals surface area contributed by atoms with Crippen LogP contribution >= 0.6 is 11.8 Å². The van der Waals surface area contributed by atoms with E-state index >= 15 is 0 Å². The molecule has 0 N–H and O–H groups in total. The average Bonchev–Trinajstić information content (AvgIpc) is 3.00. The summed E-state index contributed by atoms with van der Waals surface area (Å²) in [6.45, 7) is 2.76. The topological polar surface area (TPSA) is 85.2 Å². The van der Waals surface area contributed by atoms with Crippen LogP contribution in [-0.4, -0.2) is 63.8 Å². The molecule has 3 heterocycles. The van der Waals surface area contributed by atoms with E-state index in [1.807, 2.05) is 6.92 Å². The third-order valence-electron chi connectivity index (χ3n) is 4.81. The van der Waals surface area contributed by atoms with E-state index in [1.54, 1.807) is 11.9 Å². The number of sulfone groups is 1. The average molecular weight is 373 g/mol. The Kier molecular flexibility index (Phi) is 5.19. The maximum atomic E-state index is 12.7. The van der Waals surface area contributed by atoms with Crippen molar-refractivity contribution in [3.63, 3.8) is 0 Å². The number of hydrogen-bond acceptors (Lipinski definition) is 6. The smallest absolute Gasteiger partial charge is 0.235 e. The van der Waals surface area contributed by atoms with Crippen molar-refractivity contribution in [2.75, 3.05) is 18.6 Å². The van der Waals surface area contributed by atoms with Crippen LogP contribution in [-0.2, 0) is 27.6 Å². The molecule has 0 saturated carbocycles. The van der Waals surface area contributed by atoms with Crippen LogP contribution in [0.3, 0.4) is 0 Å². The lowest BCUT2D eigenvalue weighted by molar-refractivity contribution is -0.130. The van der Waals surface area contributed by atoms with E-state index in [-0.39, 0.29) is 28.7 Å². The zero-order chi connectivity index (χ0) is 17.3. The summed E-state index contributed by atoms with van der Waals surface area (Å²) >= 11 is 1.42. The van der Waals surface area contributed by atoms with Crippen molar-refractivity contribution in [1.29, 1.82) is 0 Å². The molecule has 1 aromatic heterocycles. The van der Waals surface area contributed by atoms with E-state index in [0.29, 0.717) is 6.42 Å². The molecule has 7 nitrogen and oxygen atoms in total. The minimum Gasteiger partial charge on any atom is -0.341 e. The predicted octanol–water partition coefficient (Wildman–Crippen LogP) is 1.13. The maximum Gasteiger partial charge on any atom is 0.235 e. The Morgan fingerprint density at radius 1 is 1.33 bits per heavy atom. The summed E-state index contributed by atoms with van der Waals surface area (Å²) in [6, 6.07) is -0.207. The first-order valence-electron chi connectivity index (χ1n) is 8.43. The van der Waals surface area contributed by atoms with Crippen molar-refractivity contribution in [1.82, 2.24) is 19.7 Å².